The van der Waals surface area contributed by atoms with E-state index in [4.69, 9.17) is 0 Å². The molecule has 10 heavy (non-hydrogen) atoms. The predicted octanol–water partition coefficient (Wildman–Crippen LogP) is 1.28. The lowest BCUT2D eigenvalue weighted by Crippen LogP contribution is -2.27. The van der Waals surface area contributed by atoms with Gasteiger partial charge in [-0.25, -0.2) is 0 Å². The molecule has 0 aromatic carbocycles. The Bertz CT molecular complexity index is 87.3. The van der Waals surface area contributed by atoms with Gasteiger partial charge in [0, 0.05) is 6.04 Å². The Balaban J connectivity index is 2.01. The van der Waals surface area contributed by atoms with Gasteiger partial charge in [-0.05, 0) is 12.5 Å². The molecule has 1 saturated heterocycles. The van der Waals surface area contributed by atoms with Crippen LogP contribution in [0.1, 0.15) is 20.3 Å². The molecule has 0 aromatic rings. The fourth-order valence-corrected chi connectivity index (χ4v) is 1.62. The molecule has 0 saturated carbocycles. The van der Waals surface area contributed by atoms with Gasteiger partial charge in [-0.2, -0.15) is 0 Å². The average molecular weight is 139 g/mol. The molecule has 1 N–H and O–H groups in total. The highest BCUT2D eigenvalue weighted by atomic mass is 14.9. The van der Waals surface area contributed by atoms with Gasteiger partial charge >= 0.3 is 0 Å². The van der Waals surface area contributed by atoms with Crippen LogP contribution in [-0.2, 0) is 0 Å². The molecule has 1 atom stereocenters. The standard InChI is InChI=1S/C8H18BN/c1-7(2)10-6-8-3-4-9-5-8/h7-10H,3-6H2,1-2H3. The Morgan fingerprint density at radius 3 is 2.90 bits per heavy atom. The Labute approximate surface area is 64.8 Å². The molecular formula is C8H18BN. The van der Waals surface area contributed by atoms with E-state index in [0.29, 0.717) is 6.04 Å². The molecule has 1 fully saturated rings. The van der Waals surface area contributed by atoms with Crippen molar-refractivity contribution in [3.8, 4) is 0 Å². The van der Waals surface area contributed by atoms with E-state index in [9.17, 15) is 0 Å². The highest BCUT2D eigenvalue weighted by Crippen LogP contribution is 2.19. The lowest BCUT2D eigenvalue weighted by Gasteiger charge is -2.12. The van der Waals surface area contributed by atoms with E-state index in [-0.39, 0.29) is 0 Å². The molecule has 1 rings (SSSR count). The first-order valence-corrected chi connectivity index (χ1v) is 4.52. The molecule has 1 aliphatic heterocycles. The third-order valence-electron chi connectivity index (χ3n) is 2.29. The topological polar surface area (TPSA) is 12.0 Å². The first kappa shape index (κ1) is 8.12. The Morgan fingerprint density at radius 1 is 1.60 bits per heavy atom. The summed E-state index contributed by atoms with van der Waals surface area (Å²) in [5, 5.41) is 3.49. The summed E-state index contributed by atoms with van der Waals surface area (Å²) in [6, 6.07) is 0.667. The first-order chi connectivity index (χ1) is 4.79. The molecule has 1 aliphatic rings. The summed E-state index contributed by atoms with van der Waals surface area (Å²) in [6.07, 6.45) is 4.38. The molecule has 0 radical (unpaired) electrons. The van der Waals surface area contributed by atoms with E-state index >= 15 is 0 Å². The zero-order valence-electron chi connectivity index (χ0n) is 7.19. The second kappa shape index (κ2) is 4.02. The normalized spacial score (nSPS) is 25.3. The van der Waals surface area contributed by atoms with Gasteiger partial charge in [-0.15, -0.1) is 0 Å². The molecule has 1 nitrogen and oxygen atoms in total. The quantitative estimate of drug-likeness (QED) is 0.580. The molecule has 58 valence electrons. The Hall–Kier alpha value is 0.0249. The maximum atomic E-state index is 3.49. The summed E-state index contributed by atoms with van der Waals surface area (Å²) in [6.45, 7) is 5.68. The summed E-state index contributed by atoms with van der Waals surface area (Å²) >= 11 is 0. The minimum atomic E-state index is 0.667. The molecule has 1 heterocycles. The van der Waals surface area contributed by atoms with Crippen molar-refractivity contribution in [2.75, 3.05) is 6.54 Å². The van der Waals surface area contributed by atoms with Crippen molar-refractivity contribution in [1.82, 2.24) is 5.32 Å². The molecule has 2 heteroatoms. The van der Waals surface area contributed by atoms with E-state index in [0.717, 1.165) is 5.92 Å². The summed E-state index contributed by atoms with van der Waals surface area (Å²) in [5.41, 5.74) is 0. The lowest BCUT2D eigenvalue weighted by atomic mass is 9.76. The first-order valence-electron chi connectivity index (χ1n) is 4.52. The Morgan fingerprint density at radius 2 is 2.40 bits per heavy atom. The van der Waals surface area contributed by atoms with Crippen molar-refractivity contribution in [1.29, 1.82) is 0 Å². The van der Waals surface area contributed by atoms with E-state index in [1.165, 1.54) is 32.9 Å². The molecule has 0 spiro atoms. The van der Waals surface area contributed by atoms with Gasteiger partial charge in [0.05, 0.1) is 0 Å². The van der Waals surface area contributed by atoms with Crippen LogP contribution in [0.3, 0.4) is 0 Å². The van der Waals surface area contributed by atoms with Crippen LogP contribution in [0.15, 0.2) is 0 Å². The van der Waals surface area contributed by atoms with Crippen LogP contribution in [0.4, 0.5) is 0 Å². The molecule has 0 aliphatic carbocycles. The van der Waals surface area contributed by atoms with Crippen LogP contribution in [0, 0.1) is 5.92 Å². The fourth-order valence-electron chi connectivity index (χ4n) is 1.62. The smallest absolute Gasteiger partial charge is 0.120 e. The number of hydrogen-bond acceptors (Lipinski definition) is 1. The largest absolute Gasteiger partial charge is 0.314 e. The summed E-state index contributed by atoms with van der Waals surface area (Å²) in [5.74, 6) is 0.988. The summed E-state index contributed by atoms with van der Waals surface area (Å²) in [4.78, 5) is 0. The van der Waals surface area contributed by atoms with Crippen molar-refractivity contribution in [3.63, 3.8) is 0 Å². The van der Waals surface area contributed by atoms with Gasteiger partial charge in [0.2, 0.25) is 0 Å². The number of rotatable bonds is 3. The monoisotopic (exact) mass is 139 g/mol. The van der Waals surface area contributed by atoms with Gasteiger partial charge in [0.1, 0.15) is 7.28 Å². The van der Waals surface area contributed by atoms with Gasteiger partial charge < -0.3 is 5.32 Å². The van der Waals surface area contributed by atoms with Crippen LogP contribution in [0.25, 0.3) is 0 Å². The maximum Gasteiger partial charge on any atom is 0.120 e. The predicted molar refractivity (Wildman–Crippen MR) is 48.0 cm³/mol. The molecule has 1 unspecified atom stereocenters. The van der Waals surface area contributed by atoms with Gasteiger partial charge in [0.25, 0.3) is 0 Å². The third-order valence-corrected chi connectivity index (χ3v) is 2.29. The highest BCUT2D eigenvalue weighted by molar-refractivity contribution is 6.36. The highest BCUT2D eigenvalue weighted by Gasteiger charge is 2.15. The zero-order chi connectivity index (χ0) is 7.40. The molecule has 0 bridgehead atoms. The van der Waals surface area contributed by atoms with Crippen LogP contribution >= 0.6 is 0 Å². The van der Waals surface area contributed by atoms with Crippen molar-refractivity contribution in [2.24, 2.45) is 5.92 Å². The van der Waals surface area contributed by atoms with Crippen LogP contribution in [0.5, 0.6) is 0 Å². The van der Waals surface area contributed by atoms with Crippen LogP contribution < -0.4 is 5.32 Å². The second-order valence-electron chi connectivity index (χ2n) is 3.71. The minimum absolute atomic E-state index is 0.667. The van der Waals surface area contributed by atoms with Crippen molar-refractivity contribution in [2.45, 2.75) is 39.0 Å². The number of hydrogen-bond donors (Lipinski definition) is 1. The third kappa shape index (κ3) is 2.74. The minimum Gasteiger partial charge on any atom is -0.314 e. The van der Waals surface area contributed by atoms with E-state index in [1.807, 2.05) is 0 Å². The zero-order valence-corrected chi connectivity index (χ0v) is 7.19. The molecule has 0 aromatic heterocycles. The SMILES string of the molecule is CC(C)NCC1CBCC1. The van der Waals surface area contributed by atoms with Crippen LogP contribution in [0.2, 0.25) is 12.6 Å². The van der Waals surface area contributed by atoms with E-state index < -0.39 is 0 Å². The summed E-state index contributed by atoms with van der Waals surface area (Å²) < 4.78 is 0. The van der Waals surface area contributed by atoms with Gasteiger partial charge in [0.15, 0.2) is 0 Å². The molecular weight excluding hydrogens is 121 g/mol. The second-order valence-corrected chi connectivity index (χ2v) is 3.71. The van der Waals surface area contributed by atoms with Crippen molar-refractivity contribution < 1.29 is 0 Å². The van der Waals surface area contributed by atoms with E-state index in [1.54, 1.807) is 0 Å². The lowest BCUT2D eigenvalue weighted by molar-refractivity contribution is 0.481. The van der Waals surface area contributed by atoms with Gasteiger partial charge in [-0.3, -0.25) is 0 Å². The Kier molecular flexibility index (Phi) is 3.27. The van der Waals surface area contributed by atoms with Crippen molar-refractivity contribution >= 4 is 7.28 Å². The summed E-state index contributed by atoms with van der Waals surface area (Å²) in [7, 11) is 1.46. The number of nitrogens with one attached hydrogen (secondary N) is 1. The average Bonchev–Trinajstić information content (AvgIpc) is 2.34. The van der Waals surface area contributed by atoms with Crippen molar-refractivity contribution in [3.05, 3.63) is 0 Å². The fraction of sp³-hybridized carbons (Fsp3) is 1.00. The molecule has 0 amide bonds. The van der Waals surface area contributed by atoms with Crippen LogP contribution in [-0.4, -0.2) is 19.9 Å². The maximum absolute atomic E-state index is 3.49. The van der Waals surface area contributed by atoms with Gasteiger partial charge in [-0.1, -0.05) is 32.9 Å². The van der Waals surface area contributed by atoms with E-state index in [2.05, 4.69) is 19.2 Å².